The number of hydrogen-bond acceptors (Lipinski definition) is 8. The standard InChI is InChI=1S/C23H18ClN5O4/c1-10-8-25-17-16-11-4-7-15(27-13(11)5-6-14(16)32-18(17)20(30)26-10)33-21-12-9-31-23(2,3)19(12)28-22(24)29-21/h4-7,25H,8-9H2,1-3H3. The molecule has 0 saturated heterocycles. The van der Waals surface area contributed by atoms with Crippen LogP contribution >= 0.6 is 11.6 Å². The highest BCUT2D eigenvalue weighted by molar-refractivity contribution is 6.28. The molecule has 2 aliphatic heterocycles. The number of fused-ring (bicyclic) bond motifs is 6. The first-order valence-corrected chi connectivity index (χ1v) is 10.8. The fraction of sp³-hybridized carbons (Fsp3) is 0.261. The number of aromatic nitrogens is 3. The Bertz CT molecular complexity index is 1520. The van der Waals surface area contributed by atoms with Crippen molar-refractivity contribution in [1.82, 2.24) is 15.0 Å². The number of nitrogens with zero attached hydrogens (tertiary/aromatic N) is 4. The van der Waals surface area contributed by atoms with Gasteiger partial charge in [0.1, 0.15) is 11.2 Å². The van der Waals surface area contributed by atoms with E-state index in [-0.39, 0.29) is 11.0 Å². The molecule has 4 aromatic rings. The molecule has 1 N–H and O–H groups in total. The minimum atomic E-state index is -0.575. The number of aliphatic imine (C=N–C) groups is 1. The fourth-order valence-corrected chi connectivity index (χ4v) is 4.37. The van der Waals surface area contributed by atoms with E-state index in [0.29, 0.717) is 53.1 Å². The number of amides is 1. The van der Waals surface area contributed by atoms with E-state index in [1.165, 1.54) is 0 Å². The van der Waals surface area contributed by atoms with Crippen LogP contribution in [0.3, 0.4) is 0 Å². The van der Waals surface area contributed by atoms with Crippen molar-refractivity contribution < 1.29 is 18.7 Å². The lowest BCUT2D eigenvalue weighted by Crippen LogP contribution is -2.16. The van der Waals surface area contributed by atoms with Gasteiger partial charge in [0, 0.05) is 17.2 Å². The van der Waals surface area contributed by atoms with E-state index in [1.54, 1.807) is 19.1 Å². The van der Waals surface area contributed by atoms with Gasteiger partial charge in [0.15, 0.2) is 0 Å². The number of halogens is 1. The Morgan fingerprint density at radius 1 is 1.15 bits per heavy atom. The highest BCUT2D eigenvalue weighted by atomic mass is 35.5. The second kappa shape index (κ2) is 6.97. The van der Waals surface area contributed by atoms with Gasteiger partial charge in [-0.05, 0) is 50.6 Å². The van der Waals surface area contributed by atoms with Gasteiger partial charge in [-0.3, -0.25) is 4.79 Å². The summed E-state index contributed by atoms with van der Waals surface area (Å²) in [4.78, 5) is 29.7. The molecule has 166 valence electrons. The third-order valence-corrected chi connectivity index (χ3v) is 5.96. The van der Waals surface area contributed by atoms with E-state index in [9.17, 15) is 4.79 Å². The molecule has 0 aliphatic carbocycles. The van der Waals surface area contributed by atoms with Gasteiger partial charge < -0.3 is 19.2 Å². The Balaban J connectivity index is 1.44. The Morgan fingerprint density at radius 2 is 2.00 bits per heavy atom. The van der Waals surface area contributed by atoms with E-state index in [2.05, 4.69) is 25.3 Å². The van der Waals surface area contributed by atoms with Gasteiger partial charge in [-0.25, -0.2) is 15.0 Å². The van der Waals surface area contributed by atoms with Gasteiger partial charge in [0.25, 0.3) is 0 Å². The van der Waals surface area contributed by atoms with Crippen LogP contribution in [0.4, 0.5) is 5.69 Å². The summed E-state index contributed by atoms with van der Waals surface area (Å²) in [6.45, 7) is 6.42. The number of anilines is 1. The quantitative estimate of drug-likeness (QED) is 0.413. The molecule has 0 fully saturated rings. The van der Waals surface area contributed by atoms with E-state index >= 15 is 0 Å². The smallest absolute Gasteiger partial charge is 0.314 e. The zero-order valence-corrected chi connectivity index (χ0v) is 18.8. The second-order valence-corrected chi connectivity index (χ2v) is 8.83. The van der Waals surface area contributed by atoms with E-state index in [0.717, 1.165) is 16.3 Å². The van der Waals surface area contributed by atoms with Crippen molar-refractivity contribution in [2.45, 2.75) is 33.0 Å². The molecule has 0 atom stereocenters. The number of pyridine rings is 1. The van der Waals surface area contributed by atoms with E-state index in [1.807, 2.05) is 26.0 Å². The van der Waals surface area contributed by atoms with Gasteiger partial charge in [-0.15, -0.1) is 0 Å². The van der Waals surface area contributed by atoms with Gasteiger partial charge in [0.2, 0.25) is 22.8 Å². The van der Waals surface area contributed by atoms with Crippen LogP contribution in [0.25, 0.3) is 21.9 Å². The van der Waals surface area contributed by atoms with Crippen LogP contribution < -0.4 is 10.1 Å². The van der Waals surface area contributed by atoms with Crippen molar-refractivity contribution in [1.29, 1.82) is 0 Å². The topological polar surface area (TPSA) is 112 Å². The van der Waals surface area contributed by atoms with Crippen molar-refractivity contribution in [3.8, 4) is 11.8 Å². The number of benzene rings is 1. The summed E-state index contributed by atoms with van der Waals surface area (Å²) in [6, 6.07) is 7.22. The third kappa shape index (κ3) is 3.15. The summed E-state index contributed by atoms with van der Waals surface area (Å²) in [7, 11) is 0. The largest absolute Gasteiger partial charge is 0.449 e. The SMILES string of the molecule is CC1=NC(=O)c2oc3ccc4nc(Oc5nc(Cl)nc6c5COC6(C)C)ccc4c3c2NC1. The molecule has 5 heterocycles. The predicted molar refractivity (Wildman–Crippen MR) is 122 cm³/mol. The molecular formula is C23H18ClN5O4. The molecule has 0 unspecified atom stereocenters. The molecule has 3 aromatic heterocycles. The van der Waals surface area contributed by atoms with E-state index in [4.69, 9.17) is 25.5 Å². The lowest BCUT2D eigenvalue weighted by molar-refractivity contribution is -0.0102. The first-order valence-electron chi connectivity index (χ1n) is 10.4. The molecule has 0 saturated carbocycles. The Kier molecular flexibility index (Phi) is 4.24. The normalized spacial score (nSPS) is 16.8. The molecule has 10 heteroatoms. The highest BCUT2D eigenvalue weighted by Crippen LogP contribution is 2.41. The zero-order chi connectivity index (χ0) is 22.9. The van der Waals surface area contributed by atoms with Crippen molar-refractivity contribution >= 4 is 50.8 Å². The molecule has 1 aromatic carbocycles. The number of ether oxygens (including phenoxy) is 2. The molecule has 0 spiro atoms. The van der Waals surface area contributed by atoms with Gasteiger partial charge in [-0.1, -0.05) is 0 Å². The van der Waals surface area contributed by atoms with Gasteiger partial charge in [-0.2, -0.15) is 4.98 Å². The van der Waals surface area contributed by atoms with Crippen molar-refractivity contribution in [2.24, 2.45) is 4.99 Å². The predicted octanol–water partition coefficient (Wildman–Crippen LogP) is 5.01. The summed E-state index contributed by atoms with van der Waals surface area (Å²) >= 11 is 6.14. The number of hydrogen-bond donors (Lipinski definition) is 1. The van der Waals surface area contributed by atoms with Crippen LogP contribution in [-0.4, -0.2) is 33.1 Å². The van der Waals surface area contributed by atoms with Gasteiger partial charge in [0.05, 0.1) is 41.0 Å². The van der Waals surface area contributed by atoms with Crippen LogP contribution in [0.1, 0.15) is 42.6 Å². The van der Waals surface area contributed by atoms with Crippen molar-refractivity contribution in [2.75, 3.05) is 11.9 Å². The minimum Gasteiger partial charge on any atom is -0.449 e. The molecule has 1 amide bonds. The molecule has 2 aliphatic rings. The van der Waals surface area contributed by atoms with Crippen LogP contribution in [0.2, 0.25) is 5.28 Å². The Hall–Kier alpha value is -3.56. The molecule has 33 heavy (non-hydrogen) atoms. The number of furan rings is 1. The molecule has 9 nitrogen and oxygen atoms in total. The highest BCUT2D eigenvalue weighted by Gasteiger charge is 2.36. The number of carbonyl (C=O) groups excluding carboxylic acids is 1. The maximum absolute atomic E-state index is 12.5. The summed E-state index contributed by atoms with van der Waals surface area (Å²) in [5, 5.41) is 4.95. The van der Waals surface area contributed by atoms with Crippen LogP contribution in [0.5, 0.6) is 11.8 Å². The number of rotatable bonds is 2. The van der Waals surface area contributed by atoms with Crippen LogP contribution in [0.15, 0.2) is 33.7 Å². The number of nitrogens with one attached hydrogen (secondary N) is 1. The first-order chi connectivity index (χ1) is 15.8. The monoisotopic (exact) mass is 463 g/mol. The zero-order valence-electron chi connectivity index (χ0n) is 18.0. The summed E-state index contributed by atoms with van der Waals surface area (Å²) in [5.41, 5.74) is 3.45. The molecule has 6 rings (SSSR count). The van der Waals surface area contributed by atoms with Crippen molar-refractivity contribution in [3.63, 3.8) is 0 Å². The first kappa shape index (κ1) is 20.1. The summed E-state index contributed by atoms with van der Waals surface area (Å²) in [5.74, 6) is 0.467. The Morgan fingerprint density at radius 3 is 2.85 bits per heavy atom. The lowest BCUT2D eigenvalue weighted by Gasteiger charge is -2.17. The summed E-state index contributed by atoms with van der Waals surface area (Å²) < 4.78 is 17.7. The maximum Gasteiger partial charge on any atom is 0.314 e. The van der Waals surface area contributed by atoms with E-state index < -0.39 is 11.5 Å². The van der Waals surface area contributed by atoms with Crippen LogP contribution in [0, 0.1) is 0 Å². The average molecular weight is 464 g/mol. The second-order valence-electron chi connectivity index (χ2n) is 8.49. The molecular weight excluding hydrogens is 446 g/mol. The average Bonchev–Trinajstić information content (AvgIpc) is 3.25. The fourth-order valence-electron chi connectivity index (χ4n) is 4.21. The lowest BCUT2D eigenvalue weighted by atomic mass is 10.0. The third-order valence-electron chi connectivity index (χ3n) is 5.79. The summed E-state index contributed by atoms with van der Waals surface area (Å²) in [6.07, 6.45) is 0. The van der Waals surface area contributed by atoms with Crippen molar-refractivity contribution in [3.05, 3.63) is 46.6 Å². The molecule has 0 radical (unpaired) electrons. The van der Waals surface area contributed by atoms with Gasteiger partial charge >= 0.3 is 5.91 Å². The number of carbonyl (C=O) groups is 1. The molecule has 0 bridgehead atoms. The Labute approximate surface area is 192 Å². The van der Waals surface area contributed by atoms with Crippen LogP contribution in [-0.2, 0) is 16.9 Å². The minimum absolute atomic E-state index is 0.0826. The maximum atomic E-state index is 12.5.